The van der Waals surface area contributed by atoms with Gasteiger partial charge in [0.25, 0.3) is 0 Å². The Labute approximate surface area is 141 Å². The van der Waals surface area contributed by atoms with Crippen LogP contribution in [0.3, 0.4) is 0 Å². The number of hydrogen-bond acceptors (Lipinski definition) is 4. The zero-order valence-corrected chi connectivity index (χ0v) is 14.6. The number of halogens is 1. The first-order valence-electron chi connectivity index (χ1n) is 7.96. The van der Waals surface area contributed by atoms with Crippen molar-refractivity contribution in [2.75, 3.05) is 38.6 Å². The highest BCUT2D eigenvalue weighted by Crippen LogP contribution is 2.21. The van der Waals surface area contributed by atoms with Gasteiger partial charge in [0, 0.05) is 42.2 Å². The SMILES string of the molecule is CC(C)(CNC(=O)CCSc1ccccc1F)N1CCOCC1. The van der Waals surface area contributed by atoms with E-state index in [1.165, 1.54) is 17.8 Å². The average Bonchev–Trinajstić information content (AvgIpc) is 2.56. The molecule has 0 radical (unpaired) electrons. The van der Waals surface area contributed by atoms with Crippen LogP contribution in [-0.4, -0.2) is 54.9 Å². The largest absolute Gasteiger partial charge is 0.379 e. The summed E-state index contributed by atoms with van der Waals surface area (Å²) in [5.74, 6) is 0.353. The van der Waals surface area contributed by atoms with E-state index in [0.29, 0.717) is 23.6 Å². The molecule has 2 rings (SSSR count). The van der Waals surface area contributed by atoms with Gasteiger partial charge in [0.1, 0.15) is 5.82 Å². The predicted octanol–water partition coefficient (Wildman–Crippen LogP) is 2.53. The van der Waals surface area contributed by atoms with Gasteiger partial charge in [0.2, 0.25) is 5.91 Å². The maximum atomic E-state index is 13.5. The van der Waals surface area contributed by atoms with E-state index in [1.807, 2.05) is 0 Å². The molecular weight excluding hydrogens is 315 g/mol. The van der Waals surface area contributed by atoms with E-state index in [2.05, 4.69) is 24.1 Å². The monoisotopic (exact) mass is 340 g/mol. The van der Waals surface area contributed by atoms with Crippen molar-refractivity contribution >= 4 is 17.7 Å². The van der Waals surface area contributed by atoms with Crippen molar-refractivity contribution in [3.05, 3.63) is 30.1 Å². The van der Waals surface area contributed by atoms with Gasteiger partial charge in [-0.15, -0.1) is 11.8 Å². The summed E-state index contributed by atoms with van der Waals surface area (Å²) in [5.41, 5.74) is -0.0852. The lowest BCUT2D eigenvalue weighted by Crippen LogP contribution is -2.55. The molecule has 1 aliphatic heterocycles. The highest BCUT2D eigenvalue weighted by Gasteiger charge is 2.28. The maximum Gasteiger partial charge on any atom is 0.220 e. The van der Waals surface area contributed by atoms with Crippen molar-refractivity contribution in [3.8, 4) is 0 Å². The highest BCUT2D eigenvalue weighted by atomic mass is 32.2. The topological polar surface area (TPSA) is 41.6 Å². The van der Waals surface area contributed by atoms with Crippen LogP contribution < -0.4 is 5.32 Å². The molecule has 128 valence electrons. The first-order valence-corrected chi connectivity index (χ1v) is 8.94. The molecule has 1 N–H and O–H groups in total. The van der Waals surface area contributed by atoms with Gasteiger partial charge < -0.3 is 10.1 Å². The number of carbonyl (C=O) groups is 1. The van der Waals surface area contributed by atoms with Crippen LogP contribution in [0.2, 0.25) is 0 Å². The van der Waals surface area contributed by atoms with E-state index in [9.17, 15) is 9.18 Å². The molecule has 1 aromatic rings. The van der Waals surface area contributed by atoms with Crippen LogP contribution >= 0.6 is 11.8 Å². The van der Waals surface area contributed by atoms with Gasteiger partial charge in [-0.2, -0.15) is 0 Å². The Kier molecular flexibility index (Phi) is 6.87. The zero-order valence-electron chi connectivity index (χ0n) is 13.8. The summed E-state index contributed by atoms with van der Waals surface area (Å²) in [5, 5.41) is 2.99. The third-order valence-corrected chi connectivity index (χ3v) is 5.06. The van der Waals surface area contributed by atoms with E-state index >= 15 is 0 Å². The van der Waals surface area contributed by atoms with Crippen LogP contribution in [0, 0.1) is 5.82 Å². The van der Waals surface area contributed by atoms with Crippen LogP contribution in [0.4, 0.5) is 4.39 Å². The van der Waals surface area contributed by atoms with Gasteiger partial charge in [-0.05, 0) is 26.0 Å². The minimum atomic E-state index is -0.230. The Hall–Kier alpha value is -1.11. The molecule has 6 heteroatoms. The first kappa shape index (κ1) is 18.2. The van der Waals surface area contributed by atoms with Crippen LogP contribution in [0.25, 0.3) is 0 Å². The summed E-state index contributed by atoms with van der Waals surface area (Å²) in [7, 11) is 0. The molecule has 0 saturated carbocycles. The molecule has 4 nitrogen and oxygen atoms in total. The summed E-state index contributed by atoms with van der Waals surface area (Å²) in [6, 6.07) is 6.64. The number of hydrogen-bond donors (Lipinski definition) is 1. The lowest BCUT2D eigenvalue weighted by Gasteiger charge is -2.40. The number of rotatable bonds is 7. The summed E-state index contributed by atoms with van der Waals surface area (Å²) >= 11 is 1.37. The second-order valence-electron chi connectivity index (χ2n) is 6.22. The van der Waals surface area contributed by atoms with E-state index in [0.717, 1.165) is 26.3 Å². The normalized spacial score (nSPS) is 16.3. The molecule has 0 atom stereocenters. The van der Waals surface area contributed by atoms with Crippen molar-refractivity contribution in [2.24, 2.45) is 0 Å². The molecule has 1 fully saturated rings. The lowest BCUT2D eigenvalue weighted by molar-refractivity contribution is -0.121. The molecule has 23 heavy (non-hydrogen) atoms. The Morgan fingerprint density at radius 2 is 2.04 bits per heavy atom. The van der Waals surface area contributed by atoms with Crippen LogP contribution in [-0.2, 0) is 9.53 Å². The number of morpholine rings is 1. The number of ether oxygens (including phenoxy) is 1. The van der Waals surface area contributed by atoms with Gasteiger partial charge in [-0.3, -0.25) is 9.69 Å². The molecule has 0 bridgehead atoms. The number of nitrogens with one attached hydrogen (secondary N) is 1. The van der Waals surface area contributed by atoms with Gasteiger partial charge >= 0.3 is 0 Å². The minimum absolute atomic E-state index is 0.00942. The third-order valence-electron chi connectivity index (χ3n) is 4.01. The molecular formula is C17H25FN2O2S. The molecule has 0 aromatic heterocycles. The second kappa shape index (κ2) is 8.66. The fraction of sp³-hybridized carbons (Fsp3) is 0.588. The number of nitrogens with zero attached hydrogens (tertiary/aromatic N) is 1. The number of benzene rings is 1. The highest BCUT2D eigenvalue weighted by molar-refractivity contribution is 7.99. The summed E-state index contributed by atoms with van der Waals surface area (Å²) in [6.07, 6.45) is 0.387. The van der Waals surface area contributed by atoms with Crippen molar-refractivity contribution in [2.45, 2.75) is 30.7 Å². The predicted molar refractivity (Wildman–Crippen MR) is 91.2 cm³/mol. The Morgan fingerprint density at radius 1 is 1.35 bits per heavy atom. The quantitative estimate of drug-likeness (QED) is 0.775. The van der Waals surface area contributed by atoms with E-state index < -0.39 is 0 Å². The number of carbonyl (C=O) groups excluding carboxylic acids is 1. The van der Waals surface area contributed by atoms with E-state index in [1.54, 1.807) is 18.2 Å². The van der Waals surface area contributed by atoms with Crippen LogP contribution in [0.15, 0.2) is 29.2 Å². The minimum Gasteiger partial charge on any atom is -0.379 e. The van der Waals surface area contributed by atoms with Crippen molar-refractivity contribution < 1.29 is 13.9 Å². The lowest BCUT2D eigenvalue weighted by atomic mass is 10.0. The molecule has 1 heterocycles. The number of amides is 1. The van der Waals surface area contributed by atoms with Crippen LogP contribution in [0.5, 0.6) is 0 Å². The summed E-state index contributed by atoms with van der Waals surface area (Å²) < 4.78 is 18.9. The Morgan fingerprint density at radius 3 is 2.74 bits per heavy atom. The molecule has 1 aliphatic rings. The van der Waals surface area contributed by atoms with Crippen molar-refractivity contribution in [3.63, 3.8) is 0 Å². The smallest absolute Gasteiger partial charge is 0.220 e. The molecule has 0 unspecified atom stereocenters. The maximum absolute atomic E-state index is 13.5. The van der Waals surface area contributed by atoms with Crippen LogP contribution in [0.1, 0.15) is 20.3 Å². The van der Waals surface area contributed by atoms with E-state index in [-0.39, 0.29) is 17.3 Å². The molecule has 0 spiro atoms. The Bertz CT molecular complexity index is 519. The van der Waals surface area contributed by atoms with Crippen molar-refractivity contribution in [1.82, 2.24) is 10.2 Å². The summed E-state index contributed by atoms with van der Waals surface area (Å²) in [4.78, 5) is 14.9. The molecule has 1 saturated heterocycles. The van der Waals surface area contributed by atoms with Gasteiger partial charge in [0.05, 0.1) is 13.2 Å². The number of thioether (sulfide) groups is 1. The fourth-order valence-electron chi connectivity index (χ4n) is 2.50. The van der Waals surface area contributed by atoms with E-state index in [4.69, 9.17) is 4.74 Å². The van der Waals surface area contributed by atoms with Gasteiger partial charge in [-0.1, -0.05) is 12.1 Å². The van der Waals surface area contributed by atoms with Crippen molar-refractivity contribution in [1.29, 1.82) is 0 Å². The third kappa shape index (κ3) is 5.79. The molecule has 1 amide bonds. The average molecular weight is 340 g/mol. The first-order chi connectivity index (χ1) is 11.0. The zero-order chi connectivity index (χ0) is 16.7. The molecule has 0 aliphatic carbocycles. The second-order valence-corrected chi connectivity index (χ2v) is 7.35. The fourth-order valence-corrected chi connectivity index (χ4v) is 3.39. The molecule has 1 aromatic carbocycles. The van der Waals surface area contributed by atoms with Gasteiger partial charge in [0.15, 0.2) is 0 Å². The summed E-state index contributed by atoms with van der Waals surface area (Å²) in [6.45, 7) is 8.15. The van der Waals surface area contributed by atoms with Gasteiger partial charge in [-0.25, -0.2) is 4.39 Å². The Balaban J connectivity index is 1.69. The standard InChI is InChI=1S/C17H25FN2O2S/c1-17(2,20-8-10-22-11-9-20)13-19-16(21)7-12-23-15-6-4-3-5-14(15)18/h3-6H,7-13H2,1-2H3,(H,19,21).